The first-order chi connectivity index (χ1) is 15.4. The summed E-state index contributed by atoms with van der Waals surface area (Å²) in [6.45, 7) is 1.99. The average molecular weight is 492 g/mol. The highest BCUT2D eigenvalue weighted by Gasteiger charge is 2.34. The van der Waals surface area contributed by atoms with Crippen LogP contribution in [0.3, 0.4) is 0 Å². The zero-order chi connectivity index (χ0) is 22.8. The van der Waals surface area contributed by atoms with Crippen LogP contribution in [0.2, 0.25) is 5.02 Å². The van der Waals surface area contributed by atoms with Crippen molar-refractivity contribution < 1.29 is 18.8 Å². The highest BCUT2D eigenvalue weighted by atomic mass is 35.5. The van der Waals surface area contributed by atoms with Crippen LogP contribution in [0.1, 0.15) is 56.4 Å². The Balaban J connectivity index is 1.47. The third-order valence-corrected chi connectivity index (χ3v) is 7.57. The first-order valence-electron chi connectivity index (χ1n) is 9.99. The quantitative estimate of drug-likeness (QED) is 0.492. The molecule has 2 atom stereocenters. The van der Waals surface area contributed by atoms with Gasteiger partial charge in [-0.05, 0) is 30.0 Å². The standard InChI is InChI=1S/C22H19ClFN3O3S2/c1-2-14(17-7-4-8-31-17)25-20(29)11-9-15-19(16(28)10-11)32-22(26-15)27-21(30)18-12(23)5-3-6-13(18)24/h3-8,11,14H,2,9-10H2,1H3,(H,25,29)(H,26,27,30). The van der Waals surface area contributed by atoms with Crippen LogP contribution in [-0.4, -0.2) is 22.6 Å². The molecule has 32 heavy (non-hydrogen) atoms. The predicted octanol–water partition coefficient (Wildman–Crippen LogP) is 5.26. The molecule has 2 N–H and O–H groups in total. The fourth-order valence-electron chi connectivity index (χ4n) is 3.60. The van der Waals surface area contributed by atoms with E-state index >= 15 is 0 Å². The monoisotopic (exact) mass is 491 g/mol. The predicted molar refractivity (Wildman–Crippen MR) is 123 cm³/mol. The van der Waals surface area contributed by atoms with Gasteiger partial charge in [0.2, 0.25) is 5.91 Å². The van der Waals surface area contributed by atoms with Crippen molar-refractivity contribution in [1.82, 2.24) is 10.3 Å². The second-order valence-corrected chi connectivity index (χ2v) is 9.74. The van der Waals surface area contributed by atoms with Gasteiger partial charge in [0.15, 0.2) is 10.9 Å². The van der Waals surface area contributed by atoms with Crippen LogP contribution in [0.4, 0.5) is 9.52 Å². The van der Waals surface area contributed by atoms with E-state index < -0.39 is 17.6 Å². The van der Waals surface area contributed by atoms with E-state index in [1.807, 2.05) is 24.4 Å². The summed E-state index contributed by atoms with van der Waals surface area (Å²) in [4.78, 5) is 43.8. The van der Waals surface area contributed by atoms with Gasteiger partial charge in [-0.15, -0.1) is 11.3 Å². The molecule has 1 aliphatic rings. The third kappa shape index (κ3) is 4.60. The average Bonchev–Trinajstić information content (AvgIpc) is 3.41. The number of fused-ring (bicyclic) bond motifs is 1. The molecule has 0 bridgehead atoms. The van der Waals surface area contributed by atoms with E-state index in [1.54, 1.807) is 11.3 Å². The summed E-state index contributed by atoms with van der Waals surface area (Å²) < 4.78 is 14.0. The van der Waals surface area contributed by atoms with Crippen LogP contribution in [0, 0.1) is 11.7 Å². The lowest BCUT2D eigenvalue weighted by molar-refractivity contribution is -0.125. The van der Waals surface area contributed by atoms with Crippen LogP contribution in [0.15, 0.2) is 35.7 Å². The van der Waals surface area contributed by atoms with Crippen molar-refractivity contribution in [2.75, 3.05) is 5.32 Å². The van der Waals surface area contributed by atoms with Gasteiger partial charge < -0.3 is 5.32 Å². The number of thiophene rings is 1. The molecule has 3 aromatic rings. The van der Waals surface area contributed by atoms with Gasteiger partial charge in [-0.3, -0.25) is 19.7 Å². The van der Waals surface area contributed by atoms with Gasteiger partial charge in [-0.2, -0.15) is 0 Å². The van der Waals surface area contributed by atoms with Crippen LogP contribution in [-0.2, 0) is 11.2 Å². The number of amides is 2. The Labute approximate surface area is 196 Å². The van der Waals surface area contributed by atoms with Crippen molar-refractivity contribution in [3.63, 3.8) is 0 Å². The minimum Gasteiger partial charge on any atom is -0.348 e. The Bertz CT molecular complexity index is 1160. The van der Waals surface area contributed by atoms with Gasteiger partial charge in [-0.25, -0.2) is 9.37 Å². The molecule has 0 fully saturated rings. The molecule has 4 rings (SSSR count). The van der Waals surface area contributed by atoms with E-state index in [0.29, 0.717) is 17.0 Å². The molecule has 2 unspecified atom stereocenters. The minimum absolute atomic E-state index is 0.0205. The maximum atomic E-state index is 14.0. The maximum absolute atomic E-state index is 14.0. The zero-order valence-corrected chi connectivity index (χ0v) is 19.4. The summed E-state index contributed by atoms with van der Waals surface area (Å²) in [7, 11) is 0. The van der Waals surface area contributed by atoms with E-state index in [2.05, 4.69) is 15.6 Å². The second kappa shape index (κ2) is 9.48. The molecule has 1 aliphatic carbocycles. The molecular weight excluding hydrogens is 473 g/mol. The summed E-state index contributed by atoms with van der Waals surface area (Å²) in [5.74, 6) is -2.42. The summed E-state index contributed by atoms with van der Waals surface area (Å²) in [5.41, 5.74) is 0.176. The fraction of sp³-hybridized carbons (Fsp3) is 0.273. The summed E-state index contributed by atoms with van der Waals surface area (Å²) in [6.07, 6.45) is 1.11. The van der Waals surface area contributed by atoms with Crippen molar-refractivity contribution in [1.29, 1.82) is 0 Å². The molecule has 0 spiro atoms. The number of hydrogen-bond donors (Lipinski definition) is 2. The van der Waals surface area contributed by atoms with E-state index in [1.165, 1.54) is 12.1 Å². The smallest absolute Gasteiger partial charge is 0.261 e. The normalized spacial score (nSPS) is 16.3. The summed E-state index contributed by atoms with van der Waals surface area (Å²) in [5, 5.41) is 7.65. The highest BCUT2D eigenvalue weighted by Crippen LogP contribution is 2.33. The highest BCUT2D eigenvalue weighted by molar-refractivity contribution is 7.17. The lowest BCUT2D eigenvalue weighted by atomic mass is 9.89. The number of rotatable bonds is 6. The van der Waals surface area contributed by atoms with E-state index in [4.69, 9.17) is 11.6 Å². The minimum atomic E-state index is -0.750. The molecule has 6 nitrogen and oxygen atoms in total. The van der Waals surface area contributed by atoms with Gasteiger partial charge >= 0.3 is 0 Å². The zero-order valence-electron chi connectivity index (χ0n) is 17.0. The first kappa shape index (κ1) is 22.6. The summed E-state index contributed by atoms with van der Waals surface area (Å²) >= 11 is 8.54. The number of Topliss-reactive ketones (excluding diaryl/α,β-unsaturated/α-hetero) is 1. The number of nitrogens with zero attached hydrogens (tertiary/aromatic N) is 1. The lowest BCUT2D eigenvalue weighted by Crippen LogP contribution is -2.37. The Morgan fingerprint density at radius 2 is 2.09 bits per heavy atom. The van der Waals surface area contributed by atoms with Crippen molar-refractivity contribution in [2.24, 2.45) is 5.92 Å². The fourth-order valence-corrected chi connectivity index (χ4v) is 5.64. The Kier molecular flexibility index (Phi) is 6.68. The third-order valence-electron chi connectivity index (χ3n) is 5.21. The second-order valence-electron chi connectivity index (χ2n) is 7.36. The topological polar surface area (TPSA) is 88.2 Å². The number of thiazole rings is 1. The van der Waals surface area contributed by atoms with Crippen LogP contribution in [0.5, 0.6) is 0 Å². The molecule has 2 amide bonds. The SMILES string of the molecule is CCC(NC(=O)C1CC(=O)c2sc(NC(=O)c3c(F)cccc3Cl)nc2C1)c1cccs1. The van der Waals surface area contributed by atoms with Crippen LogP contribution >= 0.6 is 34.3 Å². The van der Waals surface area contributed by atoms with Gasteiger partial charge in [0.05, 0.1) is 33.1 Å². The number of nitrogens with one attached hydrogen (secondary N) is 2. The van der Waals surface area contributed by atoms with Crippen molar-refractivity contribution in [3.05, 3.63) is 67.6 Å². The molecule has 0 aliphatic heterocycles. The van der Waals surface area contributed by atoms with Gasteiger partial charge in [-0.1, -0.05) is 42.0 Å². The number of carbonyl (C=O) groups is 3. The number of halogens is 2. The van der Waals surface area contributed by atoms with Gasteiger partial charge in [0, 0.05) is 17.7 Å². The number of ketones is 1. The Morgan fingerprint density at radius 1 is 1.28 bits per heavy atom. The van der Waals surface area contributed by atoms with Gasteiger partial charge in [0.25, 0.3) is 5.91 Å². The maximum Gasteiger partial charge on any atom is 0.261 e. The van der Waals surface area contributed by atoms with Crippen molar-refractivity contribution in [2.45, 2.75) is 32.2 Å². The molecule has 166 valence electrons. The lowest BCUT2D eigenvalue weighted by Gasteiger charge is -2.23. The molecular formula is C22H19ClFN3O3S2. The largest absolute Gasteiger partial charge is 0.348 e. The van der Waals surface area contributed by atoms with Crippen molar-refractivity contribution >= 4 is 57.0 Å². The molecule has 10 heteroatoms. The number of aromatic nitrogens is 1. The number of hydrogen-bond acceptors (Lipinski definition) is 6. The molecule has 2 heterocycles. The van der Waals surface area contributed by atoms with Crippen LogP contribution < -0.4 is 10.6 Å². The molecule has 0 saturated heterocycles. The first-order valence-corrected chi connectivity index (χ1v) is 12.1. The molecule has 2 aromatic heterocycles. The summed E-state index contributed by atoms with van der Waals surface area (Å²) in [6, 6.07) is 7.77. The molecule has 0 radical (unpaired) electrons. The Morgan fingerprint density at radius 3 is 2.78 bits per heavy atom. The van der Waals surface area contributed by atoms with E-state index in [0.717, 1.165) is 28.7 Å². The van der Waals surface area contributed by atoms with Gasteiger partial charge in [0.1, 0.15) is 5.82 Å². The van der Waals surface area contributed by atoms with E-state index in [9.17, 15) is 18.8 Å². The van der Waals surface area contributed by atoms with Crippen molar-refractivity contribution in [3.8, 4) is 0 Å². The number of benzene rings is 1. The Hall–Kier alpha value is -2.62. The number of anilines is 1. The van der Waals surface area contributed by atoms with E-state index in [-0.39, 0.29) is 39.9 Å². The number of carbonyl (C=O) groups excluding carboxylic acids is 3. The van der Waals surface area contributed by atoms with Crippen LogP contribution in [0.25, 0.3) is 0 Å². The molecule has 0 saturated carbocycles. The molecule has 1 aromatic carbocycles.